The fraction of sp³-hybridized carbons (Fsp3) is 0.500. The van der Waals surface area contributed by atoms with E-state index in [4.69, 9.17) is 0 Å². The number of H-pyrrole nitrogens is 1. The second-order valence-corrected chi connectivity index (χ2v) is 3.35. The number of amides is 1. The van der Waals surface area contributed by atoms with Crippen molar-refractivity contribution in [1.82, 2.24) is 15.5 Å². The van der Waals surface area contributed by atoms with Crippen molar-refractivity contribution in [1.29, 1.82) is 0 Å². The molecule has 2 N–H and O–H groups in total. The first-order valence-electron chi connectivity index (χ1n) is 4.42. The SMILES string of the molecule is O=C(NC1CC1)c1c(F)n[nH]c1C(F)F. The zero-order valence-corrected chi connectivity index (χ0v) is 7.56. The third-order valence-corrected chi connectivity index (χ3v) is 2.11. The Labute approximate surface area is 82.9 Å². The van der Waals surface area contributed by atoms with Gasteiger partial charge in [-0.05, 0) is 12.8 Å². The molecular weight excluding hydrogens is 211 g/mol. The lowest BCUT2D eigenvalue weighted by molar-refractivity contribution is 0.0932. The van der Waals surface area contributed by atoms with E-state index in [1.54, 1.807) is 0 Å². The number of hydrogen-bond donors (Lipinski definition) is 2. The number of nitrogens with zero attached hydrogens (tertiary/aromatic N) is 1. The van der Waals surface area contributed by atoms with E-state index in [0.717, 1.165) is 12.8 Å². The number of carbonyl (C=O) groups is 1. The van der Waals surface area contributed by atoms with Crippen LogP contribution in [0.5, 0.6) is 0 Å². The maximum atomic E-state index is 13.0. The molecule has 0 atom stereocenters. The van der Waals surface area contributed by atoms with Crippen molar-refractivity contribution in [2.24, 2.45) is 0 Å². The second kappa shape index (κ2) is 3.56. The average molecular weight is 219 g/mol. The number of rotatable bonds is 3. The van der Waals surface area contributed by atoms with Gasteiger partial charge in [0.1, 0.15) is 11.3 Å². The lowest BCUT2D eigenvalue weighted by Gasteiger charge is -2.03. The van der Waals surface area contributed by atoms with Crippen molar-refractivity contribution in [2.45, 2.75) is 25.3 Å². The molecule has 1 fully saturated rings. The molecule has 1 amide bonds. The Kier molecular flexibility index (Phi) is 2.37. The molecule has 0 radical (unpaired) electrons. The molecule has 0 aliphatic heterocycles. The van der Waals surface area contributed by atoms with Crippen molar-refractivity contribution in [3.05, 3.63) is 17.2 Å². The zero-order chi connectivity index (χ0) is 11.0. The van der Waals surface area contributed by atoms with Crippen LogP contribution in [-0.4, -0.2) is 22.1 Å². The monoisotopic (exact) mass is 219 g/mol. The predicted molar refractivity (Wildman–Crippen MR) is 44.0 cm³/mol. The topological polar surface area (TPSA) is 57.8 Å². The van der Waals surface area contributed by atoms with Gasteiger partial charge in [0.25, 0.3) is 12.3 Å². The summed E-state index contributed by atoms with van der Waals surface area (Å²) in [4.78, 5) is 11.4. The normalized spacial score (nSPS) is 15.7. The van der Waals surface area contributed by atoms with E-state index in [1.807, 2.05) is 5.10 Å². The summed E-state index contributed by atoms with van der Waals surface area (Å²) in [7, 11) is 0. The van der Waals surface area contributed by atoms with Crippen molar-refractivity contribution < 1.29 is 18.0 Å². The summed E-state index contributed by atoms with van der Waals surface area (Å²) in [5.74, 6) is -2.03. The molecule has 1 aliphatic rings. The molecule has 0 aromatic carbocycles. The first-order chi connectivity index (χ1) is 7.09. The molecule has 1 saturated carbocycles. The molecule has 4 nitrogen and oxygen atoms in total. The molecule has 1 heterocycles. The van der Waals surface area contributed by atoms with Gasteiger partial charge in [0, 0.05) is 6.04 Å². The van der Waals surface area contributed by atoms with Crippen LogP contribution in [0.4, 0.5) is 13.2 Å². The number of halogens is 3. The van der Waals surface area contributed by atoms with Crippen LogP contribution in [0.1, 0.15) is 35.3 Å². The molecule has 1 aromatic heterocycles. The van der Waals surface area contributed by atoms with E-state index in [9.17, 15) is 18.0 Å². The van der Waals surface area contributed by atoms with Gasteiger partial charge in [-0.3, -0.25) is 9.89 Å². The zero-order valence-electron chi connectivity index (χ0n) is 7.56. The summed E-state index contributed by atoms with van der Waals surface area (Å²) in [6.45, 7) is 0. The van der Waals surface area contributed by atoms with Gasteiger partial charge < -0.3 is 5.32 Å². The number of aromatic nitrogens is 2. The Balaban J connectivity index is 2.23. The summed E-state index contributed by atoms with van der Waals surface area (Å²) < 4.78 is 37.6. The van der Waals surface area contributed by atoms with Gasteiger partial charge in [0.05, 0.1) is 0 Å². The summed E-state index contributed by atoms with van der Waals surface area (Å²) in [5.41, 5.74) is -1.46. The number of alkyl halides is 2. The quantitative estimate of drug-likeness (QED) is 0.806. The highest BCUT2D eigenvalue weighted by Crippen LogP contribution is 2.24. The van der Waals surface area contributed by atoms with Crippen LogP contribution in [0, 0.1) is 5.95 Å². The Morgan fingerprint density at radius 3 is 2.73 bits per heavy atom. The van der Waals surface area contributed by atoms with Crippen LogP contribution in [-0.2, 0) is 0 Å². The van der Waals surface area contributed by atoms with Gasteiger partial charge in [0.2, 0.25) is 5.95 Å². The van der Waals surface area contributed by atoms with Crippen molar-refractivity contribution in [2.75, 3.05) is 0 Å². The number of aromatic amines is 1. The smallest absolute Gasteiger partial charge is 0.280 e. The molecule has 7 heteroatoms. The Hall–Kier alpha value is -1.53. The number of carbonyl (C=O) groups excluding carboxylic acids is 1. The summed E-state index contributed by atoms with van der Waals surface area (Å²) >= 11 is 0. The van der Waals surface area contributed by atoms with Gasteiger partial charge in [-0.15, -0.1) is 5.10 Å². The Morgan fingerprint density at radius 2 is 2.20 bits per heavy atom. The summed E-state index contributed by atoms with van der Waals surface area (Å²) in [6.07, 6.45) is -1.34. The molecule has 0 spiro atoms. The predicted octanol–water partition coefficient (Wildman–Crippen LogP) is 1.38. The van der Waals surface area contributed by atoms with Crippen molar-refractivity contribution in [3.8, 4) is 0 Å². The fourth-order valence-corrected chi connectivity index (χ4v) is 1.19. The summed E-state index contributed by atoms with van der Waals surface area (Å²) in [6, 6.07) is -0.0164. The Bertz CT molecular complexity index is 386. The van der Waals surface area contributed by atoms with Crippen LogP contribution in [0.3, 0.4) is 0 Å². The second-order valence-electron chi connectivity index (χ2n) is 3.35. The molecule has 0 saturated heterocycles. The Morgan fingerprint density at radius 1 is 1.53 bits per heavy atom. The third kappa shape index (κ3) is 1.95. The first-order valence-corrected chi connectivity index (χ1v) is 4.42. The van der Waals surface area contributed by atoms with Crippen LogP contribution >= 0.6 is 0 Å². The van der Waals surface area contributed by atoms with E-state index < -0.39 is 29.5 Å². The minimum atomic E-state index is -2.94. The molecular formula is C8H8F3N3O. The maximum absolute atomic E-state index is 13.0. The van der Waals surface area contributed by atoms with E-state index in [1.165, 1.54) is 0 Å². The minimum absolute atomic E-state index is 0.0164. The molecule has 1 aliphatic carbocycles. The highest BCUT2D eigenvalue weighted by atomic mass is 19.3. The van der Waals surface area contributed by atoms with E-state index in [0.29, 0.717) is 0 Å². The minimum Gasteiger partial charge on any atom is -0.349 e. The highest BCUT2D eigenvalue weighted by molar-refractivity contribution is 5.95. The number of hydrogen-bond acceptors (Lipinski definition) is 2. The molecule has 1 aromatic rings. The molecule has 15 heavy (non-hydrogen) atoms. The van der Waals surface area contributed by atoms with E-state index in [-0.39, 0.29) is 6.04 Å². The van der Waals surface area contributed by atoms with E-state index >= 15 is 0 Å². The maximum Gasteiger partial charge on any atom is 0.280 e. The van der Waals surface area contributed by atoms with Gasteiger partial charge in [-0.2, -0.15) is 4.39 Å². The summed E-state index contributed by atoms with van der Waals surface area (Å²) in [5, 5.41) is 7.19. The van der Waals surface area contributed by atoms with Crippen LogP contribution < -0.4 is 5.32 Å². The standard InChI is InChI=1S/C8H8F3N3O/c9-6(10)5-4(7(11)14-13-5)8(15)12-3-1-2-3/h3,6H,1-2H2,(H,12,15)(H,13,14). The molecule has 0 bridgehead atoms. The fourth-order valence-electron chi connectivity index (χ4n) is 1.19. The molecule has 2 rings (SSSR count). The van der Waals surface area contributed by atoms with Gasteiger partial charge in [-0.25, -0.2) is 8.78 Å². The molecule has 0 unspecified atom stereocenters. The van der Waals surface area contributed by atoms with Crippen LogP contribution in [0.15, 0.2) is 0 Å². The lowest BCUT2D eigenvalue weighted by atomic mass is 10.2. The van der Waals surface area contributed by atoms with Crippen LogP contribution in [0.2, 0.25) is 0 Å². The molecule has 82 valence electrons. The van der Waals surface area contributed by atoms with Gasteiger partial charge >= 0.3 is 0 Å². The van der Waals surface area contributed by atoms with Crippen LogP contribution in [0.25, 0.3) is 0 Å². The lowest BCUT2D eigenvalue weighted by Crippen LogP contribution is -2.26. The van der Waals surface area contributed by atoms with Crippen molar-refractivity contribution in [3.63, 3.8) is 0 Å². The van der Waals surface area contributed by atoms with E-state index in [2.05, 4.69) is 10.4 Å². The van der Waals surface area contributed by atoms with Gasteiger partial charge in [-0.1, -0.05) is 0 Å². The average Bonchev–Trinajstić information content (AvgIpc) is 2.86. The largest absolute Gasteiger partial charge is 0.349 e. The number of nitrogens with one attached hydrogen (secondary N) is 2. The van der Waals surface area contributed by atoms with Crippen molar-refractivity contribution >= 4 is 5.91 Å². The highest BCUT2D eigenvalue weighted by Gasteiger charge is 2.30. The van der Waals surface area contributed by atoms with Gasteiger partial charge in [0.15, 0.2) is 0 Å². The first kappa shape index (κ1) is 10.0. The third-order valence-electron chi connectivity index (χ3n) is 2.11.